The van der Waals surface area contributed by atoms with Crippen molar-refractivity contribution in [2.45, 2.75) is 0 Å². The monoisotopic (exact) mass is 244 g/mol. The molecule has 0 aliphatic carbocycles. The van der Waals surface area contributed by atoms with E-state index in [9.17, 15) is 5.11 Å². The number of hydrogen-bond acceptors (Lipinski definition) is 2. The number of para-hydroxylation sites is 1. The van der Waals surface area contributed by atoms with Crippen LogP contribution in [0.15, 0.2) is 42.5 Å². The van der Waals surface area contributed by atoms with Gasteiger partial charge in [0.25, 0.3) is 0 Å². The van der Waals surface area contributed by atoms with E-state index >= 15 is 0 Å². The lowest BCUT2D eigenvalue weighted by Gasteiger charge is -1.95. The van der Waals surface area contributed by atoms with Gasteiger partial charge in [-0.25, -0.2) is 4.98 Å². The van der Waals surface area contributed by atoms with Crippen molar-refractivity contribution in [1.82, 2.24) is 9.97 Å². The average molecular weight is 245 g/mol. The Balaban J connectivity index is 2.18. The molecule has 4 heteroatoms. The summed E-state index contributed by atoms with van der Waals surface area (Å²) >= 11 is 6.06. The van der Waals surface area contributed by atoms with Crippen LogP contribution in [0.2, 0.25) is 5.02 Å². The largest absolute Gasteiger partial charge is 0.508 e. The highest BCUT2D eigenvalue weighted by molar-refractivity contribution is 6.34. The Bertz CT molecular complexity index is 673. The van der Waals surface area contributed by atoms with E-state index in [1.54, 1.807) is 24.3 Å². The van der Waals surface area contributed by atoms with Crippen molar-refractivity contribution < 1.29 is 5.11 Å². The summed E-state index contributed by atoms with van der Waals surface area (Å²) in [5.41, 5.74) is 2.58. The van der Waals surface area contributed by atoms with Crippen LogP contribution in [0.4, 0.5) is 0 Å². The number of benzene rings is 2. The molecule has 0 radical (unpaired) electrons. The predicted molar refractivity (Wildman–Crippen MR) is 68.2 cm³/mol. The number of aromatic amines is 1. The molecule has 0 aliphatic heterocycles. The smallest absolute Gasteiger partial charge is 0.138 e. The predicted octanol–water partition coefficient (Wildman–Crippen LogP) is 3.59. The quantitative estimate of drug-likeness (QED) is 0.687. The van der Waals surface area contributed by atoms with E-state index < -0.39 is 0 Å². The number of H-pyrrole nitrogens is 1. The summed E-state index contributed by atoms with van der Waals surface area (Å²) in [5, 5.41) is 9.86. The van der Waals surface area contributed by atoms with E-state index in [1.165, 1.54) is 0 Å². The van der Waals surface area contributed by atoms with Crippen molar-refractivity contribution in [2.24, 2.45) is 0 Å². The first-order valence-corrected chi connectivity index (χ1v) is 5.55. The summed E-state index contributed by atoms with van der Waals surface area (Å²) in [6.07, 6.45) is 0. The minimum absolute atomic E-state index is 0.239. The Labute approximate surface area is 103 Å². The number of hydrogen-bond donors (Lipinski definition) is 2. The molecule has 1 heterocycles. The van der Waals surface area contributed by atoms with Gasteiger partial charge in [-0.2, -0.15) is 0 Å². The van der Waals surface area contributed by atoms with Gasteiger partial charge in [0.05, 0.1) is 10.5 Å². The van der Waals surface area contributed by atoms with Crippen molar-refractivity contribution >= 4 is 22.6 Å². The third kappa shape index (κ3) is 1.74. The second kappa shape index (κ2) is 3.79. The normalized spacial score (nSPS) is 10.9. The summed E-state index contributed by atoms with van der Waals surface area (Å²) in [4.78, 5) is 7.64. The number of phenols is 1. The number of rotatable bonds is 1. The number of phenolic OH excluding ortho intramolecular Hbond substituents is 1. The van der Waals surface area contributed by atoms with Crippen LogP contribution in [0.5, 0.6) is 5.75 Å². The first-order valence-electron chi connectivity index (χ1n) is 5.18. The van der Waals surface area contributed by atoms with Gasteiger partial charge in [-0.1, -0.05) is 17.7 Å². The van der Waals surface area contributed by atoms with Crippen molar-refractivity contribution in [3.05, 3.63) is 47.5 Å². The van der Waals surface area contributed by atoms with Crippen molar-refractivity contribution in [1.29, 1.82) is 0 Å². The molecular formula is C13H9ClN2O. The minimum atomic E-state index is 0.239. The zero-order valence-corrected chi connectivity index (χ0v) is 9.57. The number of fused-ring (bicyclic) bond motifs is 1. The van der Waals surface area contributed by atoms with Crippen LogP contribution in [-0.4, -0.2) is 15.1 Å². The lowest BCUT2D eigenvalue weighted by Crippen LogP contribution is -1.78. The molecular weight excluding hydrogens is 236 g/mol. The first-order chi connectivity index (χ1) is 8.24. The summed E-state index contributed by atoms with van der Waals surface area (Å²) in [6.45, 7) is 0. The Kier molecular flexibility index (Phi) is 2.27. The molecule has 0 spiro atoms. The van der Waals surface area contributed by atoms with Gasteiger partial charge in [0.2, 0.25) is 0 Å². The van der Waals surface area contributed by atoms with Crippen LogP contribution in [0.25, 0.3) is 22.4 Å². The standard InChI is InChI=1S/C13H9ClN2O/c14-10-2-1-3-11-12(10)16-13(15-11)8-4-6-9(17)7-5-8/h1-7,17H,(H,15,16). The number of nitrogens with one attached hydrogen (secondary N) is 1. The van der Waals surface area contributed by atoms with Crippen molar-refractivity contribution in [2.75, 3.05) is 0 Å². The van der Waals surface area contributed by atoms with E-state index in [2.05, 4.69) is 9.97 Å². The molecule has 1 aromatic heterocycles. The Morgan fingerprint density at radius 1 is 1.06 bits per heavy atom. The summed E-state index contributed by atoms with van der Waals surface area (Å²) in [7, 11) is 0. The number of aromatic nitrogens is 2. The molecule has 3 rings (SSSR count). The van der Waals surface area contributed by atoms with Gasteiger partial charge >= 0.3 is 0 Å². The molecule has 0 aliphatic rings. The van der Waals surface area contributed by atoms with E-state index in [0.717, 1.165) is 22.4 Å². The van der Waals surface area contributed by atoms with Crippen molar-refractivity contribution in [3.8, 4) is 17.1 Å². The third-order valence-electron chi connectivity index (χ3n) is 2.60. The van der Waals surface area contributed by atoms with E-state index in [-0.39, 0.29) is 5.75 Å². The lowest BCUT2D eigenvalue weighted by atomic mass is 10.2. The van der Waals surface area contributed by atoms with Crippen LogP contribution < -0.4 is 0 Å². The lowest BCUT2D eigenvalue weighted by molar-refractivity contribution is 0.475. The average Bonchev–Trinajstić information content (AvgIpc) is 2.75. The second-order valence-corrected chi connectivity index (χ2v) is 4.18. The molecule has 84 valence electrons. The Morgan fingerprint density at radius 3 is 2.53 bits per heavy atom. The molecule has 0 saturated heterocycles. The van der Waals surface area contributed by atoms with Gasteiger partial charge in [0.1, 0.15) is 17.1 Å². The van der Waals surface area contributed by atoms with Crippen LogP contribution >= 0.6 is 11.6 Å². The van der Waals surface area contributed by atoms with Crippen LogP contribution in [0, 0.1) is 0 Å². The molecule has 0 amide bonds. The fraction of sp³-hybridized carbons (Fsp3) is 0. The van der Waals surface area contributed by atoms with E-state index in [4.69, 9.17) is 11.6 Å². The van der Waals surface area contributed by atoms with Gasteiger partial charge < -0.3 is 10.1 Å². The third-order valence-corrected chi connectivity index (χ3v) is 2.91. The molecule has 0 saturated carbocycles. The van der Waals surface area contributed by atoms with Crippen LogP contribution in [-0.2, 0) is 0 Å². The molecule has 0 unspecified atom stereocenters. The number of halogens is 1. The fourth-order valence-electron chi connectivity index (χ4n) is 1.75. The van der Waals surface area contributed by atoms with Crippen LogP contribution in [0.3, 0.4) is 0 Å². The molecule has 0 bridgehead atoms. The van der Waals surface area contributed by atoms with E-state index in [1.807, 2.05) is 18.2 Å². The number of imidazole rings is 1. The van der Waals surface area contributed by atoms with Crippen molar-refractivity contribution in [3.63, 3.8) is 0 Å². The van der Waals surface area contributed by atoms with Gasteiger partial charge in [-0.05, 0) is 36.4 Å². The molecule has 0 atom stereocenters. The van der Waals surface area contributed by atoms with Gasteiger partial charge in [-0.15, -0.1) is 0 Å². The highest BCUT2D eigenvalue weighted by Crippen LogP contribution is 2.26. The summed E-state index contributed by atoms with van der Waals surface area (Å²) in [5.74, 6) is 0.982. The van der Waals surface area contributed by atoms with Crippen LogP contribution in [0.1, 0.15) is 0 Å². The molecule has 0 fully saturated rings. The minimum Gasteiger partial charge on any atom is -0.508 e. The summed E-state index contributed by atoms with van der Waals surface area (Å²) < 4.78 is 0. The second-order valence-electron chi connectivity index (χ2n) is 3.77. The number of aromatic hydroxyl groups is 1. The molecule has 3 nitrogen and oxygen atoms in total. The number of nitrogens with zero attached hydrogens (tertiary/aromatic N) is 1. The van der Waals surface area contributed by atoms with Gasteiger partial charge in [0, 0.05) is 5.56 Å². The van der Waals surface area contributed by atoms with E-state index in [0.29, 0.717) is 5.02 Å². The Morgan fingerprint density at radius 2 is 1.82 bits per heavy atom. The zero-order chi connectivity index (χ0) is 11.8. The summed E-state index contributed by atoms with van der Waals surface area (Å²) in [6, 6.07) is 12.5. The fourth-order valence-corrected chi connectivity index (χ4v) is 1.97. The molecule has 2 N–H and O–H groups in total. The maximum atomic E-state index is 9.24. The molecule has 17 heavy (non-hydrogen) atoms. The maximum Gasteiger partial charge on any atom is 0.138 e. The molecule has 3 aromatic rings. The molecule has 2 aromatic carbocycles. The zero-order valence-electron chi connectivity index (χ0n) is 8.81. The highest BCUT2D eigenvalue weighted by atomic mass is 35.5. The topological polar surface area (TPSA) is 48.9 Å². The highest BCUT2D eigenvalue weighted by Gasteiger charge is 2.07. The van der Waals surface area contributed by atoms with Gasteiger partial charge in [-0.3, -0.25) is 0 Å². The Hall–Kier alpha value is -2.00. The first kappa shape index (κ1) is 10.2. The SMILES string of the molecule is Oc1ccc(-c2nc3c(Cl)cccc3[nH]2)cc1. The maximum absolute atomic E-state index is 9.24. The van der Waals surface area contributed by atoms with Gasteiger partial charge in [0.15, 0.2) is 0 Å².